The molecule has 0 saturated carbocycles. The van der Waals surface area contributed by atoms with E-state index in [0.717, 1.165) is 0 Å². The van der Waals surface area contributed by atoms with E-state index < -0.39 is 23.6 Å². The maximum atomic E-state index is 12.1. The molecule has 0 N–H and O–H groups in total. The van der Waals surface area contributed by atoms with Crippen LogP contribution in [0.1, 0.15) is 31.1 Å². The Morgan fingerprint density at radius 1 is 1.13 bits per heavy atom. The van der Waals surface area contributed by atoms with E-state index in [1.54, 1.807) is 31.4 Å². The van der Waals surface area contributed by atoms with Gasteiger partial charge in [0.25, 0.3) is 0 Å². The Kier molecular flexibility index (Phi) is 4.18. The van der Waals surface area contributed by atoms with Gasteiger partial charge in [0.05, 0.1) is 5.56 Å². The fraction of sp³-hybridized carbons (Fsp3) is 0.588. The molecule has 0 radical (unpaired) electrons. The number of esters is 1. The number of rotatable bonds is 4. The summed E-state index contributed by atoms with van der Waals surface area (Å²) in [7, 11) is 1.55. The highest BCUT2D eigenvalue weighted by Gasteiger charge is 2.61. The molecule has 3 rings (SSSR count). The molecule has 2 heterocycles. The van der Waals surface area contributed by atoms with E-state index >= 15 is 0 Å². The van der Waals surface area contributed by atoms with Crippen molar-refractivity contribution < 1.29 is 28.5 Å². The van der Waals surface area contributed by atoms with Crippen molar-refractivity contribution >= 4 is 5.97 Å². The van der Waals surface area contributed by atoms with Crippen LogP contribution in [0.4, 0.5) is 0 Å². The second-order valence-corrected chi connectivity index (χ2v) is 6.50. The van der Waals surface area contributed by atoms with E-state index in [1.807, 2.05) is 26.8 Å². The summed E-state index contributed by atoms with van der Waals surface area (Å²) in [4.78, 5) is 12.1. The van der Waals surface area contributed by atoms with E-state index in [-0.39, 0.29) is 18.8 Å². The van der Waals surface area contributed by atoms with Crippen LogP contribution in [-0.4, -0.2) is 49.6 Å². The molecule has 0 bridgehead atoms. The minimum Gasteiger partial charge on any atom is -0.459 e. The van der Waals surface area contributed by atoms with Gasteiger partial charge in [-0.1, -0.05) is 18.2 Å². The van der Waals surface area contributed by atoms with Crippen LogP contribution in [0.2, 0.25) is 0 Å². The van der Waals surface area contributed by atoms with Crippen LogP contribution in [-0.2, 0) is 23.7 Å². The smallest absolute Gasteiger partial charge is 0.338 e. The second-order valence-electron chi connectivity index (χ2n) is 6.50. The highest BCUT2D eigenvalue weighted by atomic mass is 16.8. The van der Waals surface area contributed by atoms with Crippen LogP contribution in [0, 0.1) is 0 Å². The lowest BCUT2D eigenvalue weighted by molar-refractivity contribution is -0.252. The molecule has 2 aliphatic heterocycles. The zero-order valence-electron chi connectivity index (χ0n) is 13.8. The van der Waals surface area contributed by atoms with Crippen LogP contribution in [0.3, 0.4) is 0 Å². The van der Waals surface area contributed by atoms with Crippen LogP contribution in [0.15, 0.2) is 30.3 Å². The predicted octanol–water partition coefficient (Wildman–Crippen LogP) is 2.12. The van der Waals surface area contributed by atoms with Crippen LogP contribution in [0.5, 0.6) is 0 Å². The van der Waals surface area contributed by atoms with E-state index in [2.05, 4.69) is 0 Å². The van der Waals surface area contributed by atoms with Gasteiger partial charge >= 0.3 is 5.97 Å². The first-order chi connectivity index (χ1) is 10.8. The largest absolute Gasteiger partial charge is 0.459 e. The first-order valence-electron chi connectivity index (χ1n) is 7.63. The maximum absolute atomic E-state index is 12.1. The Balaban J connectivity index is 1.70. The van der Waals surface area contributed by atoms with Crippen molar-refractivity contribution in [1.82, 2.24) is 0 Å². The SMILES string of the molecule is COC1O[C@](C)(COC(=O)c2ccccc2)[C@H]2OC(C)(C)O[C@@H]12. The van der Waals surface area contributed by atoms with Gasteiger partial charge in [0.1, 0.15) is 24.4 Å². The fourth-order valence-corrected chi connectivity index (χ4v) is 3.02. The first kappa shape index (κ1) is 16.4. The van der Waals surface area contributed by atoms with Gasteiger partial charge < -0.3 is 23.7 Å². The molecule has 126 valence electrons. The first-order valence-corrected chi connectivity index (χ1v) is 7.63. The summed E-state index contributed by atoms with van der Waals surface area (Å²) in [6.07, 6.45) is -1.27. The molecule has 4 atom stereocenters. The van der Waals surface area contributed by atoms with Gasteiger partial charge in [-0.2, -0.15) is 0 Å². The van der Waals surface area contributed by atoms with Crippen molar-refractivity contribution in [2.45, 2.75) is 50.7 Å². The number of ether oxygens (including phenoxy) is 5. The van der Waals surface area contributed by atoms with Gasteiger partial charge in [0.15, 0.2) is 12.1 Å². The quantitative estimate of drug-likeness (QED) is 0.791. The van der Waals surface area contributed by atoms with Gasteiger partial charge in [-0.3, -0.25) is 0 Å². The molecule has 6 nitrogen and oxygen atoms in total. The molecule has 0 aromatic heterocycles. The van der Waals surface area contributed by atoms with Gasteiger partial charge in [-0.25, -0.2) is 4.79 Å². The third-order valence-corrected chi connectivity index (χ3v) is 4.12. The molecule has 2 saturated heterocycles. The maximum Gasteiger partial charge on any atom is 0.338 e. The highest BCUT2D eigenvalue weighted by molar-refractivity contribution is 5.89. The van der Waals surface area contributed by atoms with Crippen molar-refractivity contribution in [3.05, 3.63) is 35.9 Å². The summed E-state index contributed by atoms with van der Waals surface area (Å²) in [5.41, 5.74) is -0.332. The summed E-state index contributed by atoms with van der Waals surface area (Å²) in [6, 6.07) is 8.84. The average Bonchev–Trinajstić information content (AvgIpc) is 2.99. The third-order valence-electron chi connectivity index (χ3n) is 4.12. The third kappa shape index (κ3) is 3.12. The van der Waals surface area contributed by atoms with Gasteiger partial charge in [0, 0.05) is 7.11 Å². The summed E-state index contributed by atoms with van der Waals surface area (Å²) >= 11 is 0. The number of fused-ring (bicyclic) bond motifs is 1. The number of carbonyl (C=O) groups is 1. The molecule has 6 heteroatoms. The predicted molar refractivity (Wildman–Crippen MR) is 80.8 cm³/mol. The lowest BCUT2D eigenvalue weighted by Gasteiger charge is -2.30. The van der Waals surface area contributed by atoms with E-state index in [1.165, 1.54) is 0 Å². The molecular weight excluding hydrogens is 300 g/mol. The molecule has 0 amide bonds. The van der Waals surface area contributed by atoms with Crippen molar-refractivity contribution in [2.24, 2.45) is 0 Å². The summed E-state index contributed by atoms with van der Waals surface area (Å²) < 4.78 is 28.5. The Hall–Kier alpha value is -1.47. The summed E-state index contributed by atoms with van der Waals surface area (Å²) in [5.74, 6) is -1.12. The van der Waals surface area contributed by atoms with Crippen molar-refractivity contribution in [3.63, 3.8) is 0 Å². The lowest BCUT2D eigenvalue weighted by atomic mass is 9.99. The second kappa shape index (κ2) is 5.87. The average molecular weight is 322 g/mol. The lowest BCUT2D eigenvalue weighted by Crippen LogP contribution is -2.45. The van der Waals surface area contributed by atoms with Crippen molar-refractivity contribution in [1.29, 1.82) is 0 Å². The summed E-state index contributed by atoms with van der Waals surface area (Å²) in [6.45, 7) is 5.58. The highest BCUT2D eigenvalue weighted by Crippen LogP contribution is 2.44. The molecule has 0 aliphatic carbocycles. The Bertz CT molecular complexity index is 572. The Labute approximate surface area is 135 Å². The molecule has 1 unspecified atom stereocenters. The number of methoxy groups -OCH3 is 1. The summed E-state index contributed by atoms with van der Waals surface area (Å²) in [5, 5.41) is 0. The molecule has 2 fully saturated rings. The van der Waals surface area contributed by atoms with Gasteiger partial charge in [0.2, 0.25) is 0 Å². The molecule has 23 heavy (non-hydrogen) atoms. The normalized spacial score (nSPS) is 35.0. The molecule has 1 aromatic rings. The molecular formula is C17H22O6. The molecule has 1 aromatic carbocycles. The van der Waals surface area contributed by atoms with Crippen LogP contribution in [0.25, 0.3) is 0 Å². The van der Waals surface area contributed by atoms with Crippen LogP contribution >= 0.6 is 0 Å². The molecule has 2 aliphatic rings. The monoisotopic (exact) mass is 322 g/mol. The zero-order chi connectivity index (χ0) is 16.7. The Morgan fingerprint density at radius 3 is 2.48 bits per heavy atom. The number of benzene rings is 1. The van der Waals surface area contributed by atoms with E-state index in [9.17, 15) is 4.79 Å². The number of carbonyl (C=O) groups excluding carboxylic acids is 1. The van der Waals surface area contributed by atoms with Gasteiger partial charge in [-0.15, -0.1) is 0 Å². The van der Waals surface area contributed by atoms with E-state index in [0.29, 0.717) is 5.56 Å². The van der Waals surface area contributed by atoms with Crippen LogP contribution < -0.4 is 0 Å². The topological polar surface area (TPSA) is 63.2 Å². The number of hydrogen-bond acceptors (Lipinski definition) is 6. The zero-order valence-corrected chi connectivity index (χ0v) is 13.8. The van der Waals surface area contributed by atoms with Crippen molar-refractivity contribution in [3.8, 4) is 0 Å². The fourth-order valence-electron chi connectivity index (χ4n) is 3.02. The standard InChI is InChI=1S/C17H22O6/c1-16(2)21-12-13(22-16)17(3,23-15(12)19-4)10-20-14(18)11-8-6-5-7-9-11/h5-9,12-13,15H,10H2,1-4H3/t12-,13+,15?,17-/m1/s1. The number of hydrogen-bond donors (Lipinski definition) is 0. The minimum absolute atomic E-state index is 0.0567. The minimum atomic E-state index is -0.830. The molecule has 0 spiro atoms. The Morgan fingerprint density at radius 2 is 1.83 bits per heavy atom. The van der Waals surface area contributed by atoms with Crippen molar-refractivity contribution in [2.75, 3.05) is 13.7 Å². The van der Waals surface area contributed by atoms with E-state index in [4.69, 9.17) is 23.7 Å². The van der Waals surface area contributed by atoms with Gasteiger partial charge in [-0.05, 0) is 32.9 Å².